The highest BCUT2D eigenvalue weighted by molar-refractivity contribution is 5.86. The van der Waals surface area contributed by atoms with Gasteiger partial charge in [-0.2, -0.15) is 0 Å². The summed E-state index contributed by atoms with van der Waals surface area (Å²) in [5, 5.41) is 2.83. The van der Waals surface area contributed by atoms with Gasteiger partial charge in [-0.25, -0.2) is 0 Å². The summed E-state index contributed by atoms with van der Waals surface area (Å²) in [5.41, 5.74) is 1.38. The Bertz CT molecular complexity index is 890. The van der Waals surface area contributed by atoms with Gasteiger partial charge < -0.3 is 19.5 Å². The Labute approximate surface area is 190 Å². The van der Waals surface area contributed by atoms with Gasteiger partial charge in [0.1, 0.15) is 0 Å². The number of hydrogen-bond donors (Lipinski definition) is 1. The van der Waals surface area contributed by atoms with Gasteiger partial charge in [0.2, 0.25) is 0 Å². The fourth-order valence-electron chi connectivity index (χ4n) is 4.26. The Balaban J connectivity index is 1.49. The van der Waals surface area contributed by atoms with E-state index in [1.165, 1.54) is 0 Å². The molecule has 0 radical (unpaired) electrons. The molecule has 1 N–H and O–H groups in total. The molecule has 1 amide bonds. The Morgan fingerprint density at radius 2 is 1.62 bits per heavy atom. The number of benzene rings is 2. The van der Waals surface area contributed by atoms with Crippen molar-refractivity contribution in [3.05, 3.63) is 59.7 Å². The predicted molar refractivity (Wildman–Crippen MR) is 123 cm³/mol. The van der Waals surface area contributed by atoms with E-state index in [9.17, 15) is 9.59 Å². The van der Waals surface area contributed by atoms with Gasteiger partial charge in [-0.1, -0.05) is 49.2 Å². The molecule has 0 aromatic heterocycles. The van der Waals surface area contributed by atoms with Crippen LogP contribution in [-0.2, 0) is 26.2 Å². The van der Waals surface area contributed by atoms with Crippen molar-refractivity contribution < 1.29 is 23.8 Å². The lowest BCUT2D eigenvalue weighted by Crippen LogP contribution is -2.38. The molecule has 0 heterocycles. The highest BCUT2D eigenvalue weighted by Gasteiger charge is 2.44. The van der Waals surface area contributed by atoms with Crippen LogP contribution in [0.3, 0.4) is 0 Å². The topological polar surface area (TPSA) is 73.9 Å². The summed E-state index contributed by atoms with van der Waals surface area (Å²) in [4.78, 5) is 25.2. The van der Waals surface area contributed by atoms with Gasteiger partial charge in [0.05, 0.1) is 18.6 Å². The van der Waals surface area contributed by atoms with Gasteiger partial charge in [-0.15, -0.1) is 0 Å². The fourth-order valence-corrected chi connectivity index (χ4v) is 4.26. The second-order valence-corrected chi connectivity index (χ2v) is 7.98. The Kier molecular flexibility index (Phi) is 8.54. The van der Waals surface area contributed by atoms with Crippen LogP contribution in [0, 0.1) is 0 Å². The number of carbonyl (C=O) groups is 2. The summed E-state index contributed by atoms with van der Waals surface area (Å²) in [6.45, 7) is 5.16. The highest BCUT2D eigenvalue weighted by Crippen LogP contribution is 2.42. The lowest BCUT2D eigenvalue weighted by Gasteiger charge is -2.27. The summed E-state index contributed by atoms with van der Waals surface area (Å²) >= 11 is 0. The van der Waals surface area contributed by atoms with Crippen LogP contribution in [0.15, 0.2) is 48.5 Å². The smallest absolute Gasteiger partial charge is 0.317 e. The van der Waals surface area contributed by atoms with Gasteiger partial charge in [-0.05, 0) is 56.4 Å². The first-order chi connectivity index (χ1) is 15.6. The van der Waals surface area contributed by atoms with Gasteiger partial charge in [-0.3, -0.25) is 9.59 Å². The van der Waals surface area contributed by atoms with E-state index in [1.807, 2.05) is 62.4 Å². The SMILES string of the molecule is CCOc1ccc(CCNC(=O)COC(=O)C2(c3ccccc3)CCCC2)cc1OCC. The number of nitrogens with one attached hydrogen (secondary N) is 1. The molecule has 2 aromatic rings. The van der Waals surface area contributed by atoms with E-state index in [-0.39, 0.29) is 18.5 Å². The summed E-state index contributed by atoms with van der Waals surface area (Å²) in [5.74, 6) is 0.822. The molecule has 0 atom stereocenters. The van der Waals surface area contributed by atoms with Crippen molar-refractivity contribution in [3.8, 4) is 11.5 Å². The summed E-state index contributed by atoms with van der Waals surface area (Å²) in [6.07, 6.45) is 4.14. The lowest BCUT2D eigenvalue weighted by molar-refractivity contribution is -0.154. The molecule has 2 aromatic carbocycles. The second-order valence-electron chi connectivity index (χ2n) is 7.98. The van der Waals surface area contributed by atoms with Crippen LogP contribution in [0.4, 0.5) is 0 Å². The maximum absolute atomic E-state index is 12.9. The molecule has 0 bridgehead atoms. The first-order valence-corrected chi connectivity index (χ1v) is 11.5. The molecule has 172 valence electrons. The molecule has 0 saturated heterocycles. The summed E-state index contributed by atoms with van der Waals surface area (Å²) in [6, 6.07) is 15.5. The van der Waals surface area contributed by atoms with E-state index < -0.39 is 5.41 Å². The number of ether oxygens (including phenoxy) is 3. The van der Waals surface area contributed by atoms with E-state index >= 15 is 0 Å². The molecule has 6 heteroatoms. The minimum Gasteiger partial charge on any atom is -0.490 e. The van der Waals surface area contributed by atoms with E-state index in [0.29, 0.717) is 37.7 Å². The van der Waals surface area contributed by atoms with Crippen molar-refractivity contribution in [1.29, 1.82) is 0 Å². The monoisotopic (exact) mass is 439 g/mol. The first kappa shape index (κ1) is 23.6. The third kappa shape index (κ3) is 5.81. The number of esters is 1. The van der Waals surface area contributed by atoms with E-state index in [2.05, 4.69) is 5.32 Å². The van der Waals surface area contributed by atoms with Gasteiger partial charge in [0, 0.05) is 6.54 Å². The van der Waals surface area contributed by atoms with Crippen LogP contribution in [0.5, 0.6) is 11.5 Å². The summed E-state index contributed by atoms with van der Waals surface area (Å²) < 4.78 is 16.7. The fraction of sp³-hybridized carbons (Fsp3) is 0.462. The van der Waals surface area contributed by atoms with Crippen molar-refractivity contribution in [2.24, 2.45) is 0 Å². The Hall–Kier alpha value is -3.02. The van der Waals surface area contributed by atoms with E-state index in [0.717, 1.165) is 36.8 Å². The van der Waals surface area contributed by atoms with Crippen LogP contribution in [0.25, 0.3) is 0 Å². The van der Waals surface area contributed by atoms with Crippen LogP contribution in [0.2, 0.25) is 0 Å². The number of rotatable bonds is 11. The highest BCUT2D eigenvalue weighted by atomic mass is 16.5. The Morgan fingerprint density at radius 3 is 2.31 bits per heavy atom. The molecule has 32 heavy (non-hydrogen) atoms. The molecular weight excluding hydrogens is 406 g/mol. The van der Waals surface area contributed by atoms with E-state index in [1.54, 1.807) is 0 Å². The zero-order chi connectivity index (χ0) is 22.8. The maximum atomic E-state index is 12.9. The van der Waals surface area contributed by atoms with Gasteiger partial charge >= 0.3 is 5.97 Å². The largest absolute Gasteiger partial charge is 0.490 e. The van der Waals surface area contributed by atoms with Gasteiger partial charge in [0.15, 0.2) is 18.1 Å². The van der Waals surface area contributed by atoms with Crippen molar-refractivity contribution >= 4 is 11.9 Å². The molecule has 0 unspecified atom stereocenters. The summed E-state index contributed by atoms with van der Waals surface area (Å²) in [7, 11) is 0. The molecule has 1 aliphatic carbocycles. The van der Waals surface area contributed by atoms with Gasteiger partial charge in [0.25, 0.3) is 5.91 Å². The van der Waals surface area contributed by atoms with Crippen molar-refractivity contribution in [3.63, 3.8) is 0 Å². The van der Waals surface area contributed by atoms with Crippen molar-refractivity contribution in [1.82, 2.24) is 5.32 Å². The molecule has 0 aliphatic heterocycles. The van der Waals surface area contributed by atoms with Crippen molar-refractivity contribution in [2.75, 3.05) is 26.4 Å². The van der Waals surface area contributed by atoms with Crippen LogP contribution in [0.1, 0.15) is 50.7 Å². The van der Waals surface area contributed by atoms with Crippen LogP contribution < -0.4 is 14.8 Å². The molecule has 6 nitrogen and oxygen atoms in total. The zero-order valence-corrected chi connectivity index (χ0v) is 19.0. The number of hydrogen-bond acceptors (Lipinski definition) is 5. The van der Waals surface area contributed by atoms with Crippen molar-refractivity contribution in [2.45, 2.75) is 51.4 Å². The standard InChI is InChI=1S/C26H33NO5/c1-3-30-22-13-12-20(18-23(22)31-4-2)14-17-27-24(28)19-32-25(29)26(15-8-9-16-26)21-10-6-5-7-11-21/h5-7,10-13,18H,3-4,8-9,14-17,19H2,1-2H3,(H,27,28). The predicted octanol–water partition coefficient (Wildman–Crippen LogP) is 4.20. The van der Waals surface area contributed by atoms with Crippen LogP contribution >= 0.6 is 0 Å². The second kappa shape index (κ2) is 11.6. The number of carbonyl (C=O) groups excluding carboxylic acids is 2. The third-order valence-electron chi connectivity index (χ3n) is 5.85. The first-order valence-electron chi connectivity index (χ1n) is 11.5. The minimum absolute atomic E-state index is 0.263. The Morgan fingerprint density at radius 1 is 0.938 bits per heavy atom. The van der Waals surface area contributed by atoms with E-state index in [4.69, 9.17) is 14.2 Å². The minimum atomic E-state index is -0.625. The molecule has 1 fully saturated rings. The average Bonchev–Trinajstić information content (AvgIpc) is 3.31. The normalized spacial score (nSPS) is 14.6. The molecule has 3 rings (SSSR count). The lowest BCUT2D eigenvalue weighted by atomic mass is 9.79. The van der Waals surface area contributed by atoms with Crippen LogP contribution in [-0.4, -0.2) is 38.2 Å². The average molecular weight is 440 g/mol. The number of amides is 1. The maximum Gasteiger partial charge on any atom is 0.317 e. The third-order valence-corrected chi connectivity index (χ3v) is 5.85. The molecule has 0 spiro atoms. The molecule has 1 aliphatic rings. The molecule has 1 saturated carbocycles. The molecular formula is C26H33NO5. The quantitative estimate of drug-likeness (QED) is 0.531. The zero-order valence-electron chi connectivity index (χ0n) is 19.0.